The minimum Gasteiger partial charge on any atom is -0.460 e. The highest BCUT2D eigenvalue weighted by Gasteiger charge is 2.12. The van der Waals surface area contributed by atoms with Gasteiger partial charge in [-0.1, -0.05) is 0 Å². The largest absolute Gasteiger partial charge is 0.460 e. The summed E-state index contributed by atoms with van der Waals surface area (Å²) in [7, 11) is 0. The van der Waals surface area contributed by atoms with Gasteiger partial charge >= 0.3 is 5.97 Å². The molecule has 0 unspecified atom stereocenters. The first-order chi connectivity index (χ1) is 6.81. The standard InChI is InChI=1S/C8H8N4O2/c1-2-14-8(13)7-10-6-5-9-3-4-12(6)11-7/h3-5H,2H2,1H3. The van der Waals surface area contributed by atoms with E-state index in [2.05, 4.69) is 15.1 Å². The second-order valence-corrected chi connectivity index (χ2v) is 2.53. The van der Waals surface area contributed by atoms with E-state index in [9.17, 15) is 4.79 Å². The van der Waals surface area contributed by atoms with Crippen LogP contribution in [0, 0.1) is 0 Å². The van der Waals surface area contributed by atoms with Gasteiger partial charge in [0.25, 0.3) is 5.82 Å². The number of nitrogens with zero attached hydrogens (tertiary/aromatic N) is 4. The van der Waals surface area contributed by atoms with Crippen molar-refractivity contribution >= 4 is 11.6 Å². The van der Waals surface area contributed by atoms with Crippen molar-refractivity contribution in [3.63, 3.8) is 0 Å². The molecule has 6 heteroatoms. The summed E-state index contributed by atoms with van der Waals surface area (Å²) in [4.78, 5) is 19.0. The molecule has 72 valence electrons. The Balaban J connectivity index is 2.40. The summed E-state index contributed by atoms with van der Waals surface area (Å²) in [5.74, 6) is -0.462. The summed E-state index contributed by atoms with van der Waals surface area (Å²) in [5.41, 5.74) is 0.524. The van der Waals surface area contributed by atoms with Crippen molar-refractivity contribution in [1.82, 2.24) is 19.6 Å². The summed E-state index contributed by atoms with van der Waals surface area (Å²) >= 11 is 0. The molecule has 0 radical (unpaired) electrons. The number of carbonyl (C=O) groups is 1. The molecule has 2 aromatic heterocycles. The number of esters is 1. The highest BCUT2D eigenvalue weighted by atomic mass is 16.5. The predicted octanol–water partition coefficient (Wildman–Crippen LogP) is 0.301. The number of aromatic nitrogens is 4. The molecule has 2 aromatic rings. The third kappa shape index (κ3) is 1.41. The monoisotopic (exact) mass is 192 g/mol. The Morgan fingerprint density at radius 3 is 3.21 bits per heavy atom. The molecule has 2 rings (SSSR count). The van der Waals surface area contributed by atoms with E-state index in [-0.39, 0.29) is 5.82 Å². The van der Waals surface area contributed by atoms with E-state index < -0.39 is 5.97 Å². The first kappa shape index (κ1) is 8.61. The van der Waals surface area contributed by atoms with Crippen LogP contribution in [0.3, 0.4) is 0 Å². The molecule has 0 aromatic carbocycles. The number of ether oxygens (including phenoxy) is 1. The van der Waals surface area contributed by atoms with Crippen molar-refractivity contribution in [1.29, 1.82) is 0 Å². The lowest BCUT2D eigenvalue weighted by Crippen LogP contribution is -2.06. The van der Waals surface area contributed by atoms with Crippen LogP contribution in [-0.4, -0.2) is 32.2 Å². The van der Waals surface area contributed by atoms with Crippen molar-refractivity contribution in [3.05, 3.63) is 24.4 Å². The maximum Gasteiger partial charge on any atom is 0.378 e. The number of fused-ring (bicyclic) bond motifs is 1. The fraction of sp³-hybridized carbons (Fsp3) is 0.250. The Labute approximate surface area is 79.5 Å². The van der Waals surface area contributed by atoms with Crippen molar-refractivity contribution in [2.45, 2.75) is 6.92 Å². The zero-order valence-corrected chi connectivity index (χ0v) is 7.54. The topological polar surface area (TPSA) is 69.4 Å². The van der Waals surface area contributed by atoms with E-state index in [1.165, 1.54) is 10.7 Å². The SMILES string of the molecule is CCOC(=O)c1nc2cnccn2n1. The van der Waals surface area contributed by atoms with Crippen LogP contribution in [0.5, 0.6) is 0 Å². The van der Waals surface area contributed by atoms with E-state index in [0.717, 1.165) is 0 Å². The van der Waals surface area contributed by atoms with Gasteiger partial charge in [0.05, 0.1) is 12.8 Å². The summed E-state index contributed by atoms with van der Waals surface area (Å²) in [6.45, 7) is 2.04. The van der Waals surface area contributed by atoms with Gasteiger partial charge in [0.2, 0.25) is 0 Å². The zero-order valence-electron chi connectivity index (χ0n) is 7.54. The van der Waals surface area contributed by atoms with Gasteiger partial charge in [-0.15, -0.1) is 5.10 Å². The molecule has 0 aliphatic heterocycles. The molecule has 0 aliphatic carbocycles. The van der Waals surface area contributed by atoms with Crippen LogP contribution in [0.15, 0.2) is 18.6 Å². The number of carbonyl (C=O) groups excluding carboxylic acids is 1. The van der Waals surface area contributed by atoms with Gasteiger partial charge in [-0.2, -0.15) is 4.98 Å². The molecule has 0 amide bonds. The van der Waals surface area contributed by atoms with Crippen molar-refractivity contribution in [2.24, 2.45) is 0 Å². The van der Waals surface area contributed by atoms with Gasteiger partial charge < -0.3 is 4.74 Å². The van der Waals surface area contributed by atoms with Gasteiger partial charge in [-0.05, 0) is 6.92 Å². The number of hydrogen-bond acceptors (Lipinski definition) is 5. The Hall–Kier alpha value is -1.98. The molecule has 0 aliphatic rings. The molecule has 0 bridgehead atoms. The van der Waals surface area contributed by atoms with Gasteiger partial charge in [-0.25, -0.2) is 9.31 Å². The molecule has 0 N–H and O–H groups in total. The molecular formula is C8H8N4O2. The lowest BCUT2D eigenvalue weighted by atomic mass is 10.6. The zero-order chi connectivity index (χ0) is 9.97. The van der Waals surface area contributed by atoms with Crippen LogP contribution in [0.4, 0.5) is 0 Å². The molecule has 0 atom stereocenters. The van der Waals surface area contributed by atoms with Crippen molar-refractivity contribution < 1.29 is 9.53 Å². The second-order valence-electron chi connectivity index (χ2n) is 2.53. The first-order valence-corrected chi connectivity index (χ1v) is 4.15. The predicted molar refractivity (Wildman–Crippen MR) is 46.7 cm³/mol. The minimum absolute atomic E-state index is 0.0554. The highest BCUT2D eigenvalue weighted by Crippen LogP contribution is 1.99. The summed E-state index contributed by atoms with van der Waals surface area (Å²) in [5, 5.41) is 3.92. The maximum absolute atomic E-state index is 11.2. The molecule has 0 saturated heterocycles. The average Bonchev–Trinajstić information content (AvgIpc) is 2.61. The van der Waals surface area contributed by atoms with Crippen LogP contribution in [0.2, 0.25) is 0 Å². The summed E-state index contributed by atoms with van der Waals surface area (Å²) in [6, 6.07) is 0. The Morgan fingerprint density at radius 1 is 1.64 bits per heavy atom. The number of rotatable bonds is 2. The Bertz CT molecular complexity index is 432. The van der Waals surface area contributed by atoms with Crippen LogP contribution in [-0.2, 0) is 4.74 Å². The summed E-state index contributed by atoms with van der Waals surface area (Å²) in [6.07, 6.45) is 4.71. The fourth-order valence-electron chi connectivity index (χ4n) is 1.03. The van der Waals surface area contributed by atoms with Crippen LogP contribution in [0.25, 0.3) is 5.65 Å². The molecule has 0 spiro atoms. The average molecular weight is 192 g/mol. The van der Waals surface area contributed by atoms with Crippen molar-refractivity contribution in [3.8, 4) is 0 Å². The fourth-order valence-corrected chi connectivity index (χ4v) is 1.03. The normalized spacial score (nSPS) is 10.4. The van der Waals surface area contributed by atoms with E-state index in [4.69, 9.17) is 4.74 Å². The van der Waals surface area contributed by atoms with Gasteiger partial charge in [0.1, 0.15) is 0 Å². The lowest BCUT2D eigenvalue weighted by Gasteiger charge is -1.93. The number of hydrogen-bond donors (Lipinski definition) is 0. The Kier molecular flexibility index (Phi) is 2.10. The van der Waals surface area contributed by atoms with Crippen molar-refractivity contribution in [2.75, 3.05) is 6.61 Å². The second kappa shape index (κ2) is 3.41. The van der Waals surface area contributed by atoms with Crippen LogP contribution < -0.4 is 0 Å². The molecule has 0 fully saturated rings. The van der Waals surface area contributed by atoms with E-state index >= 15 is 0 Å². The van der Waals surface area contributed by atoms with E-state index in [1.807, 2.05) is 0 Å². The van der Waals surface area contributed by atoms with Crippen LogP contribution in [0.1, 0.15) is 17.5 Å². The third-order valence-corrected chi connectivity index (χ3v) is 1.60. The molecule has 14 heavy (non-hydrogen) atoms. The third-order valence-electron chi connectivity index (χ3n) is 1.60. The van der Waals surface area contributed by atoms with Gasteiger partial charge in [0, 0.05) is 12.4 Å². The first-order valence-electron chi connectivity index (χ1n) is 4.15. The molecular weight excluding hydrogens is 184 g/mol. The van der Waals surface area contributed by atoms with Gasteiger partial charge in [-0.3, -0.25) is 4.98 Å². The maximum atomic E-state index is 11.2. The van der Waals surface area contributed by atoms with Gasteiger partial charge in [0.15, 0.2) is 5.65 Å². The molecule has 0 saturated carbocycles. The molecule has 2 heterocycles. The van der Waals surface area contributed by atoms with Crippen LogP contribution >= 0.6 is 0 Å². The lowest BCUT2D eigenvalue weighted by molar-refractivity contribution is 0.0512. The minimum atomic E-state index is -0.517. The highest BCUT2D eigenvalue weighted by molar-refractivity contribution is 5.85. The van der Waals surface area contributed by atoms with E-state index in [0.29, 0.717) is 12.3 Å². The summed E-state index contributed by atoms with van der Waals surface area (Å²) < 4.78 is 6.23. The Morgan fingerprint density at radius 2 is 2.50 bits per heavy atom. The van der Waals surface area contributed by atoms with E-state index in [1.54, 1.807) is 19.3 Å². The molecule has 6 nitrogen and oxygen atoms in total. The smallest absolute Gasteiger partial charge is 0.378 e. The quantitative estimate of drug-likeness (QED) is 0.640.